The first-order valence-electron chi connectivity index (χ1n) is 6.10. The number of benzene rings is 1. The molecule has 2 amide bonds. The fourth-order valence-electron chi connectivity index (χ4n) is 2.18. The van der Waals surface area contributed by atoms with Gasteiger partial charge < -0.3 is 10.2 Å². The van der Waals surface area contributed by atoms with Crippen LogP contribution in [0, 0.1) is 6.92 Å². The minimum absolute atomic E-state index is 0.0793. The van der Waals surface area contributed by atoms with Gasteiger partial charge in [0.2, 0.25) is 0 Å². The summed E-state index contributed by atoms with van der Waals surface area (Å²) in [7, 11) is 1.89. The lowest BCUT2D eigenvalue weighted by Crippen LogP contribution is -2.35. The minimum atomic E-state index is 0.0793. The maximum absolute atomic E-state index is 12.2. The van der Waals surface area contributed by atoms with Gasteiger partial charge in [-0.05, 0) is 37.7 Å². The number of amides is 2. The second kappa shape index (κ2) is 5.59. The summed E-state index contributed by atoms with van der Waals surface area (Å²) in [6.07, 6.45) is 0. The number of hydrogen-bond donors (Lipinski definition) is 1. The molecule has 1 saturated heterocycles. The Morgan fingerprint density at radius 2 is 2.17 bits per heavy atom. The van der Waals surface area contributed by atoms with Crippen molar-refractivity contribution in [1.82, 2.24) is 10.2 Å². The zero-order valence-corrected chi connectivity index (χ0v) is 11.5. The van der Waals surface area contributed by atoms with Gasteiger partial charge in [0.1, 0.15) is 0 Å². The highest BCUT2D eigenvalue weighted by atomic mass is 35.5. The number of aryl methyl sites for hydroxylation is 1. The molecule has 0 atom stereocenters. The van der Waals surface area contributed by atoms with E-state index in [2.05, 4.69) is 5.32 Å². The molecule has 2 rings (SSSR count). The van der Waals surface area contributed by atoms with E-state index in [4.69, 9.17) is 11.6 Å². The van der Waals surface area contributed by atoms with E-state index < -0.39 is 0 Å². The van der Waals surface area contributed by atoms with Gasteiger partial charge >= 0.3 is 6.03 Å². The number of hydrogen-bond acceptors (Lipinski definition) is 2. The first-order chi connectivity index (χ1) is 8.63. The number of rotatable bonds is 4. The van der Waals surface area contributed by atoms with Gasteiger partial charge in [-0.3, -0.25) is 4.90 Å². The molecule has 1 aliphatic heterocycles. The van der Waals surface area contributed by atoms with E-state index in [1.807, 2.05) is 42.0 Å². The molecule has 98 valence electrons. The van der Waals surface area contributed by atoms with E-state index in [0.29, 0.717) is 5.02 Å². The third kappa shape index (κ3) is 2.60. The number of nitrogens with one attached hydrogen (secondary N) is 1. The van der Waals surface area contributed by atoms with Crippen molar-refractivity contribution in [3.8, 4) is 0 Å². The number of nitrogens with zero attached hydrogens (tertiary/aromatic N) is 2. The molecule has 1 N–H and O–H groups in total. The molecule has 0 aliphatic carbocycles. The molecule has 1 heterocycles. The van der Waals surface area contributed by atoms with Gasteiger partial charge in [-0.25, -0.2) is 4.79 Å². The summed E-state index contributed by atoms with van der Waals surface area (Å²) in [5, 5.41) is 3.76. The Morgan fingerprint density at radius 3 is 2.83 bits per heavy atom. The highest BCUT2D eigenvalue weighted by Crippen LogP contribution is 2.26. The molecule has 4 nitrogen and oxygen atoms in total. The first kappa shape index (κ1) is 13.2. The van der Waals surface area contributed by atoms with Crippen LogP contribution in [0.2, 0.25) is 5.02 Å². The van der Waals surface area contributed by atoms with Crippen molar-refractivity contribution in [2.24, 2.45) is 0 Å². The molecule has 1 aromatic rings. The van der Waals surface area contributed by atoms with E-state index in [-0.39, 0.29) is 6.03 Å². The number of halogens is 1. The third-order valence-electron chi connectivity index (χ3n) is 3.18. The number of likely N-dealkylation sites (N-methyl/N-ethyl adjacent to an activating group) is 1. The Labute approximate surface area is 113 Å². The summed E-state index contributed by atoms with van der Waals surface area (Å²) >= 11 is 5.94. The summed E-state index contributed by atoms with van der Waals surface area (Å²) < 4.78 is 0. The van der Waals surface area contributed by atoms with Crippen LogP contribution in [0.3, 0.4) is 0 Å². The van der Waals surface area contributed by atoms with Gasteiger partial charge in [-0.1, -0.05) is 11.6 Å². The lowest BCUT2D eigenvalue weighted by Gasteiger charge is -2.20. The van der Waals surface area contributed by atoms with Crippen molar-refractivity contribution in [1.29, 1.82) is 0 Å². The highest BCUT2D eigenvalue weighted by molar-refractivity contribution is 6.30. The average Bonchev–Trinajstić information content (AvgIpc) is 2.68. The fraction of sp³-hybridized carbons (Fsp3) is 0.462. The summed E-state index contributed by atoms with van der Waals surface area (Å²) in [6, 6.07) is 5.71. The van der Waals surface area contributed by atoms with Gasteiger partial charge in [0.05, 0.1) is 0 Å². The topological polar surface area (TPSA) is 35.6 Å². The molecule has 0 radical (unpaired) electrons. The average molecular weight is 268 g/mol. The Bertz CT molecular complexity index is 450. The molecule has 1 aromatic carbocycles. The molecule has 0 aromatic heterocycles. The van der Waals surface area contributed by atoms with Crippen LogP contribution in [0.5, 0.6) is 0 Å². The van der Waals surface area contributed by atoms with Crippen LogP contribution in [0.25, 0.3) is 0 Å². The number of urea groups is 1. The molecule has 0 saturated carbocycles. The second-order valence-corrected chi connectivity index (χ2v) is 4.89. The fourth-order valence-corrected chi connectivity index (χ4v) is 2.41. The molecule has 0 bridgehead atoms. The third-order valence-corrected chi connectivity index (χ3v) is 3.41. The summed E-state index contributed by atoms with van der Waals surface area (Å²) in [5.74, 6) is 0. The zero-order chi connectivity index (χ0) is 13.1. The predicted molar refractivity (Wildman–Crippen MR) is 74.4 cm³/mol. The van der Waals surface area contributed by atoms with Crippen LogP contribution in [-0.2, 0) is 0 Å². The summed E-state index contributed by atoms with van der Waals surface area (Å²) in [4.78, 5) is 15.9. The zero-order valence-electron chi connectivity index (χ0n) is 10.7. The Hall–Kier alpha value is -1.26. The first-order valence-corrected chi connectivity index (χ1v) is 6.48. The molecule has 1 aliphatic rings. The molecule has 18 heavy (non-hydrogen) atoms. The quantitative estimate of drug-likeness (QED) is 0.907. The maximum atomic E-state index is 12.2. The van der Waals surface area contributed by atoms with Gasteiger partial charge in [0, 0.05) is 36.9 Å². The van der Waals surface area contributed by atoms with Gasteiger partial charge in [-0.2, -0.15) is 0 Å². The van der Waals surface area contributed by atoms with Gasteiger partial charge in [-0.15, -0.1) is 0 Å². The van der Waals surface area contributed by atoms with Gasteiger partial charge in [0.15, 0.2) is 0 Å². The lowest BCUT2D eigenvalue weighted by molar-refractivity contribution is 0.221. The SMILES string of the molecule is CNCCN1CCN(c2ccc(Cl)cc2C)C1=O. The van der Waals surface area contributed by atoms with E-state index in [0.717, 1.165) is 37.4 Å². The molecular formula is C13H18ClN3O. The normalized spacial score (nSPS) is 15.6. The monoisotopic (exact) mass is 267 g/mol. The van der Waals surface area contributed by atoms with Crippen molar-refractivity contribution in [3.63, 3.8) is 0 Å². The van der Waals surface area contributed by atoms with Crippen LogP contribution >= 0.6 is 11.6 Å². The number of anilines is 1. The number of carbonyl (C=O) groups is 1. The number of carbonyl (C=O) groups excluding carboxylic acids is 1. The van der Waals surface area contributed by atoms with Crippen LogP contribution in [0.4, 0.5) is 10.5 Å². The van der Waals surface area contributed by atoms with Crippen molar-refractivity contribution < 1.29 is 4.79 Å². The molecule has 0 unspecified atom stereocenters. The van der Waals surface area contributed by atoms with E-state index in [9.17, 15) is 4.79 Å². The van der Waals surface area contributed by atoms with Crippen LogP contribution in [-0.4, -0.2) is 44.2 Å². The molecule has 5 heteroatoms. The standard InChI is InChI=1S/C13H18ClN3O/c1-10-9-11(14)3-4-12(10)17-8-7-16(13(17)18)6-5-15-2/h3-4,9,15H,5-8H2,1-2H3. The van der Waals surface area contributed by atoms with Gasteiger partial charge in [0.25, 0.3) is 0 Å². The van der Waals surface area contributed by atoms with Crippen LogP contribution < -0.4 is 10.2 Å². The summed E-state index contributed by atoms with van der Waals surface area (Å²) in [5.41, 5.74) is 1.99. The van der Waals surface area contributed by atoms with Crippen molar-refractivity contribution in [2.45, 2.75) is 6.92 Å². The van der Waals surface area contributed by atoms with E-state index in [1.165, 1.54) is 0 Å². The van der Waals surface area contributed by atoms with Crippen molar-refractivity contribution in [3.05, 3.63) is 28.8 Å². The largest absolute Gasteiger partial charge is 0.324 e. The van der Waals surface area contributed by atoms with Crippen molar-refractivity contribution >= 4 is 23.3 Å². The lowest BCUT2D eigenvalue weighted by atomic mass is 10.2. The van der Waals surface area contributed by atoms with Crippen molar-refractivity contribution in [2.75, 3.05) is 38.1 Å². The van der Waals surface area contributed by atoms with Crippen LogP contribution in [0.1, 0.15) is 5.56 Å². The molecule has 1 fully saturated rings. The van der Waals surface area contributed by atoms with E-state index in [1.54, 1.807) is 0 Å². The minimum Gasteiger partial charge on any atom is -0.321 e. The molecule has 0 spiro atoms. The predicted octanol–water partition coefficient (Wildman–Crippen LogP) is 2.11. The molecular weight excluding hydrogens is 250 g/mol. The highest BCUT2D eigenvalue weighted by Gasteiger charge is 2.29. The Morgan fingerprint density at radius 1 is 1.39 bits per heavy atom. The maximum Gasteiger partial charge on any atom is 0.324 e. The van der Waals surface area contributed by atoms with E-state index >= 15 is 0 Å². The second-order valence-electron chi connectivity index (χ2n) is 4.46. The summed E-state index contributed by atoms with van der Waals surface area (Å²) in [6.45, 7) is 5.07. The Kier molecular flexibility index (Phi) is 4.09. The van der Waals surface area contributed by atoms with Crippen LogP contribution in [0.15, 0.2) is 18.2 Å². The smallest absolute Gasteiger partial charge is 0.321 e. The Balaban J connectivity index is 2.13.